The number of guanidine groups is 1. The third kappa shape index (κ3) is 11.2. The molecule has 0 radical (unpaired) electrons. The van der Waals surface area contributed by atoms with Crippen molar-refractivity contribution in [2.45, 2.75) is 39.5 Å². The van der Waals surface area contributed by atoms with Crippen LogP contribution in [0.15, 0.2) is 4.99 Å². The molecule has 1 aliphatic rings. The molecule has 1 aliphatic heterocycles. The Kier molecular flexibility index (Phi) is 14.2. The molecular weight excluding hydrogens is 401 g/mol. The van der Waals surface area contributed by atoms with E-state index in [0.29, 0.717) is 5.92 Å². The molecule has 0 amide bonds. The van der Waals surface area contributed by atoms with Crippen LogP contribution < -0.4 is 10.6 Å². The van der Waals surface area contributed by atoms with Crippen molar-refractivity contribution in [3.63, 3.8) is 0 Å². The number of rotatable bonds is 9. The van der Waals surface area contributed by atoms with Gasteiger partial charge in [0.25, 0.3) is 0 Å². The Morgan fingerprint density at radius 3 is 2.39 bits per heavy atom. The number of hydrogen-bond acceptors (Lipinski definition) is 3. The lowest BCUT2D eigenvalue weighted by atomic mass is 10.1. The fourth-order valence-electron chi connectivity index (χ4n) is 2.79. The van der Waals surface area contributed by atoms with Gasteiger partial charge in [-0.1, -0.05) is 33.1 Å². The van der Waals surface area contributed by atoms with Gasteiger partial charge in [-0.2, -0.15) is 0 Å². The molecule has 0 saturated carbocycles. The summed E-state index contributed by atoms with van der Waals surface area (Å²) in [6, 6.07) is 0. The van der Waals surface area contributed by atoms with Crippen LogP contribution in [0.4, 0.5) is 0 Å². The van der Waals surface area contributed by atoms with Crippen molar-refractivity contribution in [3.05, 3.63) is 0 Å². The first-order valence-corrected chi connectivity index (χ1v) is 9.01. The molecule has 1 atom stereocenters. The van der Waals surface area contributed by atoms with E-state index < -0.39 is 0 Å². The number of hydrogen-bond donors (Lipinski definition) is 2. The highest BCUT2D eigenvalue weighted by Gasteiger charge is 2.16. The zero-order chi connectivity index (χ0) is 16.2. The van der Waals surface area contributed by atoms with E-state index in [1.807, 2.05) is 7.05 Å². The Morgan fingerprint density at radius 2 is 1.78 bits per heavy atom. The molecule has 1 rings (SSSR count). The Labute approximate surface area is 160 Å². The summed E-state index contributed by atoms with van der Waals surface area (Å²) in [4.78, 5) is 9.29. The first-order chi connectivity index (χ1) is 10.7. The lowest BCUT2D eigenvalue weighted by Crippen LogP contribution is -2.47. The molecule has 1 fully saturated rings. The second-order valence-electron chi connectivity index (χ2n) is 6.65. The predicted molar refractivity (Wildman–Crippen MR) is 112 cm³/mol. The number of likely N-dealkylation sites (N-methyl/N-ethyl adjacent to an activating group) is 1. The molecule has 0 aromatic carbocycles. The van der Waals surface area contributed by atoms with E-state index in [9.17, 15) is 0 Å². The molecule has 138 valence electrons. The van der Waals surface area contributed by atoms with Crippen LogP contribution in [0, 0.1) is 5.92 Å². The van der Waals surface area contributed by atoms with Gasteiger partial charge in [-0.15, -0.1) is 24.0 Å². The van der Waals surface area contributed by atoms with Crippen molar-refractivity contribution < 1.29 is 0 Å². The van der Waals surface area contributed by atoms with Gasteiger partial charge >= 0.3 is 0 Å². The van der Waals surface area contributed by atoms with Crippen LogP contribution in [0.25, 0.3) is 0 Å². The van der Waals surface area contributed by atoms with E-state index in [1.54, 1.807) is 0 Å². The van der Waals surface area contributed by atoms with E-state index in [4.69, 9.17) is 0 Å². The maximum atomic E-state index is 4.31. The van der Waals surface area contributed by atoms with Gasteiger partial charge in [0.15, 0.2) is 5.96 Å². The second kappa shape index (κ2) is 14.3. The molecule has 2 N–H and O–H groups in total. The highest BCUT2D eigenvalue weighted by Crippen LogP contribution is 2.03. The van der Waals surface area contributed by atoms with Crippen molar-refractivity contribution >= 4 is 29.9 Å². The molecule has 5 nitrogen and oxygen atoms in total. The largest absolute Gasteiger partial charge is 0.356 e. The van der Waals surface area contributed by atoms with Gasteiger partial charge in [-0.25, -0.2) is 0 Å². The minimum absolute atomic E-state index is 0. The maximum Gasteiger partial charge on any atom is 0.190 e. The Balaban J connectivity index is 0.00000484. The number of unbranched alkanes of at least 4 members (excludes halogenated alkanes) is 3. The average Bonchev–Trinajstić information content (AvgIpc) is 2.52. The summed E-state index contributed by atoms with van der Waals surface area (Å²) in [5.41, 5.74) is 0. The molecule has 1 heterocycles. The van der Waals surface area contributed by atoms with E-state index in [2.05, 4.69) is 46.3 Å². The summed E-state index contributed by atoms with van der Waals surface area (Å²) >= 11 is 0. The number of nitrogens with one attached hydrogen (secondary N) is 2. The molecule has 0 bridgehead atoms. The van der Waals surface area contributed by atoms with Crippen LogP contribution in [0.5, 0.6) is 0 Å². The van der Waals surface area contributed by atoms with Crippen LogP contribution in [0.2, 0.25) is 0 Å². The summed E-state index contributed by atoms with van der Waals surface area (Å²) in [5.74, 6) is 1.59. The van der Waals surface area contributed by atoms with E-state index in [0.717, 1.165) is 19.0 Å². The normalized spacial score (nSPS) is 18.3. The monoisotopic (exact) mass is 439 g/mol. The van der Waals surface area contributed by atoms with Crippen molar-refractivity contribution in [1.29, 1.82) is 0 Å². The third-order valence-corrected chi connectivity index (χ3v) is 4.33. The van der Waals surface area contributed by atoms with Gasteiger partial charge in [0, 0.05) is 52.9 Å². The SMILES string of the molecule is CCCCCCNC(=NC)NCC(C)CN1CCN(C)CC1.I. The van der Waals surface area contributed by atoms with Crippen LogP contribution in [-0.4, -0.2) is 75.7 Å². The summed E-state index contributed by atoms with van der Waals surface area (Å²) in [5, 5.41) is 6.87. The summed E-state index contributed by atoms with van der Waals surface area (Å²) < 4.78 is 0. The van der Waals surface area contributed by atoms with E-state index in [1.165, 1.54) is 58.4 Å². The van der Waals surface area contributed by atoms with Crippen molar-refractivity contribution in [3.8, 4) is 0 Å². The minimum Gasteiger partial charge on any atom is -0.356 e. The first kappa shape index (κ1) is 22.9. The van der Waals surface area contributed by atoms with Gasteiger partial charge < -0.3 is 20.4 Å². The van der Waals surface area contributed by atoms with Crippen LogP contribution in [0.1, 0.15) is 39.5 Å². The second-order valence-corrected chi connectivity index (χ2v) is 6.65. The highest BCUT2D eigenvalue weighted by atomic mass is 127. The van der Waals surface area contributed by atoms with E-state index in [-0.39, 0.29) is 24.0 Å². The van der Waals surface area contributed by atoms with Crippen molar-refractivity contribution in [1.82, 2.24) is 20.4 Å². The van der Waals surface area contributed by atoms with Gasteiger partial charge in [0.2, 0.25) is 0 Å². The van der Waals surface area contributed by atoms with E-state index >= 15 is 0 Å². The quantitative estimate of drug-likeness (QED) is 0.250. The lowest BCUT2D eigenvalue weighted by molar-refractivity contribution is 0.139. The summed E-state index contributed by atoms with van der Waals surface area (Å²) in [6.07, 6.45) is 5.15. The first-order valence-electron chi connectivity index (χ1n) is 9.01. The molecule has 0 spiro atoms. The highest BCUT2D eigenvalue weighted by molar-refractivity contribution is 14.0. The summed E-state index contributed by atoms with van der Waals surface area (Å²) in [7, 11) is 4.06. The van der Waals surface area contributed by atoms with Gasteiger partial charge in [0.05, 0.1) is 0 Å². The minimum atomic E-state index is 0. The molecule has 23 heavy (non-hydrogen) atoms. The zero-order valence-corrected chi connectivity index (χ0v) is 17.9. The zero-order valence-electron chi connectivity index (χ0n) is 15.6. The van der Waals surface area contributed by atoms with Gasteiger partial charge in [-0.3, -0.25) is 4.99 Å². The molecule has 1 saturated heterocycles. The lowest BCUT2D eigenvalue weighted by Gasteiger charge is -2.34. The van der Waals surface area contributed by atoms with Crippen molar-refractivity contribution in [2.24, 2.45) is 10.9 Å². The maximum absolute atomic E-state index is 4.31. The fourth-order valence-corrected chi connectivity index (χ4v) is 2.79. The van der Waals surface area contributed by atoms with Crippen LogP contribution >= 0.6 is 24.0 Å². The predicted octanol–water partition coefficient (Wildman–Crippen LogP) is 2.23. The van der Waals surface area contributed by atoms with Gasteiger partial charge in [-0.05, 0) is 19.4 Å². The average molecular weight is 439 g/mol. The Morgan fingerprint density at radius 1 is 1.09 bits per heavy atom. The number of piperazine rings is 1. The summed E-state index contributed by atoms with van der Waals surface area (Å²) in [6.45, 7) is 12.5. The van der Waals surface area contributed by atoms with Crippen molar-refractivity contribution in [2.75, 3.05) is 59.9 Å². The number of nitrogens with zero attached hydrogens (tertiary/aromatic N) is 3. The molecule has 0 aromatic rings. The van der Waals surface area contributed by atoms with Crippen LogP contribution in [-0.2, 0) is 0 Å². The number of aliphatic imine (C=N–C) groups is 1. The molecule has 1 unspecified atom stereocenters. The fraction of sp³-hybridized carbons (Fsp3) is 0.941. The standard InChI is InChI=1S/C17H37N5.HI/c1-5-6-7-8-9-19-17(18-3)20-14-16(2)15-22-12-10-21(4)11-13-22;/h16H,5-15H2,1-4H3,(H2,18,19,20);1H. The molecule has 0 aromatic heterocycles. The number of halogens is 1. The van der Waals surface area contributed by atoms with Gasteiger partial charge in [0.1, 0.15) is 0 Å². The molecule has 6 heteroatoms. The Bertz CT molecular complexity index is 303. The molecular formula is C17H38IN5. The molecule has 0 aliphatic carbocycles. The smallest absolute Gasteiger partial charge is 0.190 e. The third-order valence-electron chi connectivity index (χ3n) is 4.33. The Hall–Kier alpha value is -0.0800. The van der Waals surface area contributed by atoms with Crippen LogP contribution in [0.3, 0.4) is 0 Å². The topological polar surface area (TPSA) is 42.9 Å².